The maximum Gasteiger partial charge on any atom is 0.315 e. The molecule has 8 heteroatoms. The van der Waals surface area contributed by atoms with E-state index < -0.39 is 6.04 Å². The highest BCUT2D eigenvalue weighted by Gasteiger charge is 2.25. The first-order valence-electron chi connectivity index (χ1n) is 9.16. The number of carbonyl (C=O) groups excluding carboxylic acids is 2. The van der Waals surface area contributed by atoms with Gasteiger partial charge in [0.25, 0.3) is 0 Å². The zero-order valence-electron chi connectivity index (χ0n) is 16.2. The van der Waals surface area contributed by atoms with E-state index in [1.165, 1.54) is 11.3 Å². The van der Waals surface area contributed by atoms with Crippen molar-refractivity contribution in [3.05, 3.63) is 29.8 Å². The van der Waals surface area contributed by atoms with E-state index in [1.54, 1.807) is 0 Å². The second-order valence-electron chi connectivity index (χ2n) is 6.75. The highest BCUT2D eigenvalue weighted by Crippen LogP contribution is 2.27. The lowest BCUT2D eigenvalue weighted by Gasteiger charge is -2.21. The van der Waals surface area contributed by atoms with E-state index in [0.717, 1.165) is 29.0 Å². The number of carbonyl (C=O) groups is 2. The van der Waals surface area contributed by atoms with E-state index in [4.69, 9.17) is 0 Å². The topological polar surface area (TPSA) is 96.0 Å². The molecule has 27 heavy (non-hydrogen) atoms. The van der Waals surface area contributed by atoms with E-state index in [9.17, 15) is 9.59 Å². The predicted octanol–water partition coefficient (Wildman–Crippen LogP) is 3.58. The third kappa shape index (κ3) is 6.32. The minimum absolute atomic E-state index is 0.0638. The molecule has 0 saturated heterocycles. The van der Waals surface area contributed by atoms with Crippen LogP contribution in [0.5, 0.6) is 0 Å². The number of hydrogen-bond acceptors (Lipinski definition) is 5. The fraction of sp³-hybridized carbons (Fsp3) is 0.474. The Morgan fingerprint density at radius 3 is 2.67 bits per heavy atom. The maximum absolute atomic E-state index is 12.6. The molecule has 0 spiro atoms. The van der Waals surface area contributed by atoms with Crippen molar-refractivity contribution in [1.29, 1.82) is 0 Å². The van der Waals surface area contributed by atoms with Gasteiger partial charge in [0, 0.05) is 12.1 Å². The van der Waals surface area contributed by atoms with Crippen molar-refractivity contribution in [3.63, 3.8) is 0 Å². The van der Waals surface area contributed by atoms with Gasteiger partial charge < -0.3 is 10.6 Å². The molecule has 0 fully saturated rings. The Morgan fingerprint density at radius 2 is 2.00 bits per heavy atom. The number of aryl methyl sites for hydroxylation is 1. The van der Waals surface area contributed by atoms with Gasteiger partial charge in [-0.05, 0) is 25.3 Å². The predicted molar refractivity (Wildman–Crippen MR) is 109 cm³/mol. The number of hydrogen-bond donors (Lipinski definition) is 3. The molecule has 1 atom stereocenters. The van der Waals surface area contributed by atoms with Crippen LogP contribution in [0.25, 0.3) is 10.6 Å². The van der Waals surface area contributed by atoms with E-state index in [2.05, 4.69) is 33.1 Å². The van der Waals surface area contributed by atoms with Crippen LogP contribution in [0.4, 0.5) is 9.93 Å². The zero-order valence-corrected chi connectivity index (χ0v) is 17.0. The average molecular weight is 390 g/mol. The molecule has 0 radical (unpaired) electrons. The van der Waals surface area contributed by atoms with Gasteiger partial charge >= 0.3 is 6.03 Å². The van der Waals surface area contributed by atoms with Gasteiger partial charge in [0.2, 0.25) is 11.0 Å². The van der Waals surface area contributed by atoms with Gasteiger partial charge in [-0.3, -0.25) is 10.1 Å². The molecule has 0 aliphatic carbocycles. The Hall–Kier alpha value is -2.48. The van der Waals surface area contributed by atoms with Crippen molar-refractivity contribution in [2.24, 2.45) is 5.92 Å². The van der Waals surface area contributed by atoms with Crippen LogP contribution in [0.1, 0.15) is 39.2 Å². The average Bonchev–Trinajstić information content (AvgIpc) is 3.08. The largest absolute Gasteiger partial charge is 0.338 e. The molecular weight excluding hydrogens is 362 g/mol. The van der Waals surface area contributed by atoms with E-state index >= 15 is 0 Å². The normalized spacial score (nSPS) is 11.9. The van der Waals surface area contributed by atoms with Crippen LogP contribution in [0.15, 0.2) is 24.3 Å². The monoisotopic (exact) mass is 389 g/mol. The fourth-order valence-electron chi connectivity index (χ4n) is 2.46. The maximum atomic E-state index is 12.6. The molecule has 3 amide bonds. The lowest BCUT2D eigenvalue weighted by molar-refractivity contribution is -0.118. The summed E-state index contributed by atoms with van der Waals surface area (Å²) < 4.78 is 0. The van der Waals surface area contributed by atoms with Crippen LogP contribution < -0.4 is 16.0 Å². The number of nitrogens with one attached hydrogen (secondary N) is 3. The van der Waals surface area contributed by atoms with Gasteiger partial charge in [0.05, 0.1) is 0 Å². The minimum Gasteiger partial charge on any atom is -0.338 e. The molecule has 1 heterocycles. The van der Waals surface area contributed by atoms with Gasteiger partial charge in [-0.2, -0.15) is 0 Å². The molecule has 0 aliphatic rings. The van der Waals surface area contributed by atoms with Crippen LogP contribution in [-0.4, -0.2) is 34.7 Å². The number of benzene rings is 1. The molecule has 7 nitrogen and oxygen atoms in total. The Labute approximate surface area is 164 Å². The number of urea groups is 1. The summed E-state index contributed by atoms with van der Waals surface area (Å²) in [6.45, 7) is 8.42. The summed E-state index contributed by atoms with van der Waals surface area (Å²) in [6.07, 6.45) is 1.90. The first-order valence-corrected chi connectivity index (χ1v) is 9.98. The molecule has 3 N–H and O–H groups in total. The number of rotatable bonds is 8. The molecule has 0 aliphatic heterocycles. The van der Waals surface area contributed by atoms with Crippen molar-refractivity contribution in [1.82, 2.24) is 20.8 Å². The van der Waals surface area contributed by atoms with Crippen LogP contribution in [0, 0.1) is 12.8 Å². The summed E-state index contributed by atoms with van der Waals surface area (Å²) in [5.41, 5.74) is 2.09. The molecule has 2 rings (SSSR count). The van der Waals surface area contributed by atoms with Crippen LogP contribution in [0.3, 0.4) is 0 Å². The lowest BCUT2D eigenvalue weighted by Crippen LogP contribution is -2.50. The fourth-order valence-corrected chi connectivity index (χ4v) is 3.20. The Balaban J connectivity index is 2.00. The molecule has 0 unspecified atom stereocenters. The van der Waals surface area contributed by atoms with E-state index in [-0.39, 0.29) is 17.9 Å². The SMILES string of the molecule is CCCCNC(=O)N[C@H](C(=O)Nc1nnc(-c2cccc(C)c2)s1)C(C)C. The summed E-state index contributed by atoms with van der Waals surface area (Å²) in [5, 5.41) is 17.6. The lowest BCUT2D eigenvalue weighted by atomic mass is 10.0. The molecule has 146 valence electrons. The van der Waals surface area contributed by atoms with E-state index in [1.807, 2.05) is 45.0 Å². The van der Waals surface area contributed by atoms with Gasteiger partial charge in [0.1, 0.15) is 11.0 Å². The smallest absolute Gasteiger partial charge is 0.315 e. The summed E-state index contributed by atoms with van der Waals surface area (Å²) in [7, 11) is 0. The van der Waals surface area contributed by atoms with Crippen LogP contribution in [0.2, 0.25) is 0 Å². The first kappa shape index (κ1) is 20.8. The zero-order chi connectivity index (χ0) is 19.8. The highest BCUT2D eigenvalue weighted by molar-refractivity contribution is 7.18. The Kier molecular flexibility index (Phi) is 7.72. The summed E-state index contributed by atoms with van der Waals surface area (Å²) >= 11 is 1.31. The number of anilines is 1. The van der Waals surface area contributed by atoms with Crippen molar-refractivity contribution in [3.8, 4) is 10.6 Å². The van der Waals surface area contributed by atoms with Crippen LogP contribution >= 0.6 is 11.3 Å². The van der Waals surface area contributed by atoms with Gasteiger partial charge in [-0.25, -0.2) is 4.79 Å². The number of unbranched alkanes of at least 4 members (excludes halogenated alkanes) is 1. The van der Waals surface area contributed by atoms with Gasteiger partial charge in [-0.1, -0.05) is 62.3 Å². The molecule has 0 saturated carbocycles. The van der Waals surface area contributed by atoms with Crippen molar-refractivity contribution < 1.29 is 9.59 Å². The molecule has 2 aromatic rings. The number of aromatic nitrogens is 2. The summed E-state index contributed by atoms with van der Waals surface area (Å²) in [6, 6.07) is 6.95. The van der Waals surface area contributed by atoms with Crippen molar-refractivity contribution in [2.45, 2.75) is 46.6 Å². The molecule has 1 aromatic heterocycles. The minimum atomic E-state index is -0.655. The third-order valence-corrected chi connectivity index (χ3v) is 4.86. The quantitative estimate of drug-likeness (QED) is 0.601. The summed E-state index contributed by atoms with van der Waals surface area (Å²) in [4.78, 5) is 24.6. The van der Waals surface area contributed by atoms with E-state index in [0.29, 0.717) is 11.7 Å². The number of amides is 3. The summed E-state index contributed by atoms with van der Waals surface area (Å²) in [5.74, 6) is -0.367. The Bertz CT molecular complexity index is 775. The third-order valence-electron chi connectivity index (χ3n) is 3.97. The molecule has 0 bridgehead atoms. The second-order valence-corrected chi connectivity index (χ2v) is 7.72. The van der Waals surface area contributed by atoms with Crippen molar-refractivity contribution >= 4 is 28.4 Å². The number of nitrogens with zero attached hydrogens (tertiary/aromatic N) is 2. The molecular formula is C19H27N5O2S. The van der Waals surface area contributed by atoms with Gasteiger partial charge in [-0.15, -0.1) is 10.2 Å². The molecule has 1 aromatic carbocycles. The van der Waals surface area contributed by atoms with Gasteiger partial charge in [0.15, 0.2) is 0 Å². The first-order chi connectivity index (χ1) is 12.9. The second kappa shape index (κ2) is 10.0. The van der Waals surface area contributed by atoms with Crippen molar-refractivity contribution in [2.75, 3.05) is 11.9 Å². The highest BCUT2D eigenvalue weighted by atomic mass is 32.1. The standard InChI is InChI=1S/C19H27N5O2S/c1-5-6-10-20-18(26)21-15(12(2)3)16(25)22-19-24-23-17(27-19)14-9-7-8-13(4)11-14/h7-9,11-12,15H,5-6,10H2,1-4H3,(H2,20,21,26)(H,22,24,25)/t15-/m0/s1. The Morgan fingerprint density at radius 1 is 1.22 bits per heavy atom. The van der Waals surface area contributed by atoms with Crippen LogP contribution in [-0.2, 0) is 4.79 Å².